The first-order chi connectivity index (χ1) is 10.1. The van der Waals surface area contributed by atoms with Crippen molar-refractivity contribution in [3.05, 3.63) is 30.1 Å². The van der Waals surface area contributed by atoms with Crippen LogP contribution in [-0.2, 0) is 4.79 Å². The van der Waals surface area contributed by atoms with E-state index in [0.717, 1.165) is 23.4 Å². The third-order valence-electron chi connectivity index (χ3n) is 3.28. The van der Waals surface area contributed by atoms with E-state index in [2.05, 4.69) is 26.2 Å². The molecule has 2 aromatic rings. The van der Waals surface area contributed by atoms with Crippen LogP contribution in [0.3, 0.4) is 0 Å². The van der Waals surface area contributed by atoms with Crippen molar-refractivity contribution in [1.29, 1.82) is 0 Å². The van der Waals surface area contributed by atoms with E-state index in [1.165, 1.54) is 0 Å². The van der Waals surface area contributed by atoms with Crippen molar-refractivity contribution in [2.45, 2.75) is 33.2 Å². The fourth-order valence-corrected chi connectivity index (χ4v) is 1.85. The summed E-state index contributed by atoms with van der Waals surface area (Å²) in [5.41, 5.74) is 2.79. The number of hydrogen-bond acceptors (Lipinski definition) is 5. The van der Waals surface area contributed by atoms with E-state index in [1.54, 1.807) is 11.0 Å². The molecule has 0 saturated carbocycles. The lowest BCUT2D eigenvalue weighted by Gasteiger charge is -2.13. The van der Waals surface area contributed by atoms with E-state index in [0.29, 0.717) is 0 Å². The summed E-state index contributed by atoms with van der Waals surface area (Å²) in [6.45, 7) is 6.25. The van der Waals surface area contributed by atoms with Gasteiger partial charge < -0.3 is 10.6 Å². The first-order valence-corrected chi connectivity index (χ1v) is 6.97. The van der Waals surface area contributed by atoms with Crippen LogP contribution >= 0.6 is 0 Å². The summed E-state index contributed by atoms with van der Waals surface area (Å²) < 4.78 is 1.60. The molecule has 1 atom stereocenters. The molecule has 7 heteroatoms. The number of carbonyl (C=O) groups is 1. The summed E-state index contributed by atoms with van der Waals surface area (Å²) in [7, 11) is 0. The SMILES string of the molecule is CC[C@@H](C)NC(=O)CNc1ccc(C)c(-n2cnnn2)c1. The molecule has 2 N–H and O–H groups in total. The molecule has 0 aliphatic rings. The Balaban J connectivity index is 2.02. The van der Waals surface area contributed by atoms with Gasteiger partial charge >= 0.3 is 0 Å². The number of amides is 1. The molecular weight excluding hydrogens is 268 g/mol. The normalized spacial score (nSPS) is 12.0. The van der Waals surface area contributed by atoms with Gasteiger partial charge in [0.2, 0.25) is 5.91 Å². The molecule has 0 spiro atoms. The van der Waals surface area contributed by atoms with Crippen molar-refractivity contribution in [1.82, 2.24) is 25.5 Å². The van der Waals surface area contributed by atoms with Gasteiger partial charge in [-0.2, -0.15) is 0 Å². The van der Waals surface area contributed by atoms with Gasteiger partial charge in [-0.3, -0.25) is 4.79 Å². The third-order valence-corrected chi connectivity index (χ3v) is 3.28. The zero-order valence-corrected chi connectivity index (χ0v) is 12.5. The molecule has 112 valence electrons. The van der Waals surface area contributed by atoms with Crippen molar-refractivity contribution in [3.8, 4) is 5.69 Å². The average Bonchev–Trinajstić information content (AvgIpc) is 3.00. The minimum atomic E-state index is -0.0195. The van der Waals surface area contributed by atoms with Gasteiger partial charge in [0.1, 0.15) is 6.33 Å². The topological polar surface area (TPSA) is 84.7 Å². The Kier molecular flexibility index (Phi) is 4.86. The van der Waals surface area contributed by atoms with E-state index >= 15 is 0 Å². The zero-order chi connectivity index (χ0) is 15.2. The van der Waals surface area contributed by atoms with Gasteiger partial charge in [-0.05, 0) is 48.4 Å². The van der Waals surface area contributed by atoms with E-state index in [4.69, 9.17) is 0 Å². The summed E-state index contributed by atoms with van der Waals surface area (Å²) in [6.07, 6.45) is 2.46. The van der Waals surface area contributed by atoms with Gasteiger partial charge in [0.15, 0.2) is 0 Å². The Morgan fingerprint density at radius 3 is 2.90 bits per heavy atom. The molecule has 21 heavy (non-hydrogen) atoms. The Labute approximate surface area is 123 Å². The number of aryl methyl sites for hydroxylation is 1. The van der Waals surface area contributed by atoms with E-state index < -0.39 is 0 Å². The highest BCUT2D eigenvalue weighted by atomic mass is 16.1. The van der Waals surface area contributed by atoms with Crippen LogP contribution in [-0.4, -0.2) is 38.7 Å². The lowest BCUT2D eigenvalue weighted by molar-refractivity contribution is -0.120. The Morgan fingerprint density at radius 1 is 1.43 bits per heavy atom. The van der Waals surface area contributed by atoms with Crippen LogP contribution in [0.5, 0.6) is 0 Å². The van der Waals surface area contributed by atoms with Gasteiger partial charge in [-0.25, -0.2) is 4.68 Å². The van der Waals surface area contributed by atoms with Crippen molar-refractivity contribution < 1.29 is 4.79 Å². The van der Waals surface area contributed by atoms with Crippen LogP contribution in [0.25, 0.3) is 5.69 Å². The third kappa shape index (κ3) is 4.01. The van der Waals surface area contributed by atoms with Crippen LogP contribution in [0.15, 0.2) is 24.5 Å². The number of nitrogens with zero attached hydrogens (tertiary/aromatic N) is 4. The maximum absolute atomic E-state index is 11.8. The predicted octanol–water partition coefficient (Wildman–Crippen LogP) is 1.30. The number of nitrogens with one attached hydrogen (secondary N) is 2. The summed E-state index contributed by atoms with van der Waals surface area (Å²) in [5, 5.41) is 17.2. The van der Waals surface area contributed by atoms with Gasteiger partial charge in [-0.1, -0.05) is 13.0 Å². The molecule has 1 aromatic heterocycles. The van der Waals surface area contributed by atoms with Crippen LogP contribution in [0.4, 0.5) is 5.69 Å². The number of rotatable bonds is 6. The second kappa shape index (κ2) is 6.83. The predicted molar refractivity (Wildman–Crippen MR) is 80.3 cm³/mol. The molecular formula is C14H20N6O. The zero-order valence-electron chi connectivity index (χ0n) is 12.5. The highest BCUT2D eigenvalue weighted by Gasteiger charge is 2.07. The smallest absolute Gasteiger partial charge is 0.239 e. The Hall–Kier alpha value is -2.44. The Bertz CT molecular complexity index is 596. The maximum Gasteiger partial charge on any atom is 0.239 e. The number of benzene rings is 1. The quantitative estimate of drug-likeness (QED) is 0.837. The summed E-state index contributed by atoms with van der Waals surface area (Å²) in [4.78, 5) is 11.8. The maximum atomic E-state index is 11.8. The molecule has 0 saturated heterocycles. The molecule has 0 unspecified atom stereocenters. The number of tetrazole rings is 1. The minimum absolute atomic E-state index is 0.0195. The molecule has 7 nitrogen and oxygen atoms in total. The standard InChI is InChI=1S/C14H20N6O/c1-4-11(3)17-14(21)8-15-12-6-5-10(2)13(7-12)20-9-16-18-19-20/h5-7,9,11,15H,4,8H2,1-3H3,(H,17,21)/t11-/m1/s1. The highest BCUT2D eigenvalue weighted by molar-refractivity contribution is 5.81. The summed E-state index contributed by atoms with van der Waals surface area (Å²) >= 11 is 0. The lowest BCUT2D eigenvalue weighted by atomic mass is 10.2. The Morgan fingerprint density at radius 2 is 2.24 bits per heavy atom. The van der Waals surface area contributed by atoms with Crippen molar-refractivity contribution in [3.63, 3.8) is 0 Å². The number of anilines is 1. The van der Waals surface area contributed by atoms with Crippen molar-refractivity contribution in [2.24, 2.45) is 0 Å². The van der Waals surface area contributed by atoms with Crippen LogP contribution in [0.1, 0.15) is 25.8 Å². The van der Waals surface area contributed by atoms with Gasteiger partial charge in [0.05, 0.1) is 12.2 Å². The van der Waals surface area contributed by atoms with Gasteiger partial charge in [-0.15, -0.1) is 5.10 Å². The molecule has 0 aliphatic carbocycles. The highest BCUT2D eigenvalue weighted by Crippen LogP contribution is 2.17. The van der Waals surface area contributed by atoms with Gasteiger partial charge in [0.25, 0.3) is 0 Å². The van der Waals surface area contributed by atoms with Crippen LogP contribution < -0.4 is 10.6 Å². The fourth-order valence-electron chi connectivity index (χ4n) is 1.85. The summed E-state index contributed by atoms with van der Waals surface area (Å²) in [6, 6.07) is 6.00. The molecule has 1 amide bonds. The second-order valence-corrected chi connectivity index (χ2v) is 4.99. The molecule has 1 aromatic carbocycles. The first-order valence-electron chi connectivity index (χ1n) is 6.97. The minimum Gasteiger partial charge on any atom is -0.376 e. The van der Waals surface area contributed by atoms with E-state index in [1.807, 2.05) is 39.0 Å². The molecule has 0 aliphatic heterocycles. The number of carbonyl (C=O) groups excluding carboxylic acids is 1. The van der Waals surface area contributed by atoms with E-state index in [9.17, 15) is 4.79 Å². The van der Waals surface area contributed by atoms with Crippen molar-refractivity contribution >= 4 is 11.6 Å². The number of aromatic nitrogens is 4. The largest absolute Gasteiger partial charge is 0.376 e. The molecule has 0 radical (unpaired) electrons. The lowest BCUT2D eigenvalue weighted by Crippen LogP contribution is -2.36. The van der Waals surface area contributed by atoms with E-state index in [-0.39, 0.29) is 18.5 Å². The van der Waals surface area contributed by atoms with Crippen LogP contribution in [0.2, 0.25) is 0 Å². The molecule has 0 bridgehead atoms. The van der Waals surface area contributed by atoms with Gasteiger partial charge in [0, 0.05) is 11.7 Å². The molecule has 0 fully saturated rings. The fraction of sp³-hybridized carbons (Fsp3) is 0.429. The summed E-state index contributed by atoms with van der Waals surface area (Å²) in [5.74, 6) is -0.0195. The van der Waals surface area contributed by atoms with Crippen molar-refractivity contribution in [2.75, 3.05) is 11.9 Å². The molecule has 1 heterocycles. The number of hydrogen-bond donors (Lipinski definition) is 2. The average molecular weight is 288 g/mol. The van der Waals surface area contributed by atoms with Crippen LogP contribution in [0, 0.1) is 6.92 Å². The monoisotopic (exact) mass is 288 g/mol. The molecule has 2 rings (SSSR count). The first kappa shape index (κ1) is 15.0. The second-order valence-electron chi connectivity index (χ2n) is 4.99.